The number of carbonyl (C=O) groups is 2. The third-order valence-corrected chi connectivity index (χ3v) is 7.49. The lowest BCUT2D eigenvalue weighted by Crippen LogP contribution is -2.35. The molecule has 7 heteroatoms. The number of ether oxygens (including phenoxy) is 1. The van der Waals surface area contributed by atoms with Gasteiger partial charge in [0.15, 0.2) is 5.78 Å². The predicted molar refractivity (Wildman–Crippen MR) is 152 cm³/mol. The standard InChI is InChI=1S/C31H32Cl2N2O3/c1-35-29(22-10-13-26(32)14-11-22)15-12-24(30(35)23-8-5-9-27(33)17-23)19-38-20-28(36)18-25(31(34)37)16-21-6-3-2-4-7-21/h2-14,17,25,29-30H,15-16,18-20H2,1H3,(H2,34,37)/t25-,29?,30?/m1/s1. The summed E-state index contributed by atoms with van der Waals surface area (Å²) >= 11 is 12.5. The molecule has 0 aromatic heterocycles. The van der Waals surface area contributed by atoms with Crippen LogP contribution in [-0.4, -0.2) is 36.9 Å². The summed E-state index contributed by atoms with van der Waals surface area (Å²) in [6, 6.07) is 25.4. The molecular weight excluding hydrogens is 519 g/mol. The number of hydrogen-bond donors (Lipinski definition) is 1. The van der Waals surface area contributed by atoms with Gasteiger partial charge in [-0.15, -0.1) is 0 Å². The Balaban J connectivity index is 1.44. The van der Waals surface area contributed by atoms with Gasteiger partial charge in [-0.05, 0) is 66.4 Å². The number of Topliss-reactive ketones (excluding diaryl/α,β-unsaturated/α-hetero) is 1. The first kappa shape index (κ1) is 28.1. The highest BCUT2D eigenvalue weighted by Gasteiger charge is 2.32. The lowest BCUT2D eigenvalue weighted by atomic mass is 9.88. The van der Waals surface area contributed by atoms with E-state index in [0.717, 1.165) is 23.1 Å². The van der Waals surface area contributed by atoms with Crippen molar-refractivity contribution in [1.29, 1.82) is 0 Å². The van der Waals surface area contributed by atoms with Gasteiger partial charge < -0.3 is 10.5 Å². The first-order valence-corrected chi connectivity index (χ1v) is 13.4. The summed E-state index contributed by atoms with van der Waals surface area (Å²) in [4.78, 5) is 27.0. The van der Waals surface area contributed by atoms with Crippen LogP contribution in [0.1, 0.15) is 41.6 Å². The number of likely N-dealkylation sites (N-methyl/N-ethyl adjacent to an activating group) is 1. The first-order chi connectivity index (χ1) is 18.3. The van der Waals surface area contributed by atoms with Crippen LogP contribution in [0.25, 0.3) is 0 Å². The van der Waals surface area contributed by atoms with Crippen LogP contribution in [0, 0.1) is 5.92 Å². The Morgan fingerprint density at radius 1 is 0.974 bits per heavy atom. The van der Waals surface area contributed by atoms with Gasteiger partial charge in [-0.1, -0.05) is 83.9 Å². The average molecular weight is 552 g/mol. The van der Waals surface area contributed by atoms with Crippen molar-refractivity contribution in [2.75, 3.05) is 20.3 Å². The monoisotopic (exact) mass is 550 g/mol. The number of nitrogens with two attached hydrogens (primary N) is 1. The molecule has 1 amide bonds. The van der Waals surface area contributed by atoms with E-state index >= 15 is 0 Å². The van der Waals surface area contributed by atoms with Gasteiger partial charge >= 0.3 is 0 Å². The van der Waals surface area contributed by atoms with Crippen molar-refractivity contribution in [3.63, 3.8) is 0 Å². The zero-order valence-electron chi connectivity index (χ0n) is 21.4. The van der Waals surface area contributed by atoms with Gasteiger partial charge in [0.2, 0.25) is 5.91 Å². The Bertz CT molecular complexity index is 1280. The second kappa shape index (κ2) is 13.2. The lowest BCUT2D eigenvalue weighted by Gasteiger charge is -2.40. The van der Waals surface area contributed by atoms with Crippen molar-refractivity contribution >= 4 is 34.9 Å². The molecule has 1 aliphatic heterocycles. The van der Waals surface area contributed by atoms with Gasteiger partial charge in [0, 0.05) is 28.4 Å². The van der Waals surface area contributed by atoms with Crippen LogP contribution >= 0.6 is 23.2 Å². The van der Waals surface area contributed by atoms with Crippen LogP contribution in [0.2, 0.25) is 10.0 Å². The van der Waals surface area contributed by atoms with E-state index in [-0.39, 0.29) is 30.9 Å². The highest BCUT2D eigenvalue weighted by atomic mass is 35.5. The molecule has 0 aliphatic carbocycles. The molecule has 0 radical (unpaired) electrons. The minimum Gasteiger partial charge on any atom is -0.369 e. The summed E-state index contributed by atoms with van der Waals surface area (Å²) in [7, 11) is 2.09. The van der Waals surface area contributed by atoms with Crippen molar-refractivity contribution in [1.82, 2.24) is 4.90 Å². The van der Waals surface area contributed by atoms with E-state index in [1.54, 1.807) is 0 Å². The van der Waals surface area contributed by atoms with Crippen molar-refractivity contribution in [2.24, 2.45) is 11.7 Å². The van der Waals surface area contributed by atoms with E-state index in [1.165, 1.54) is 5.56 Å². The molecule has 0 spiro atoms. The summed E-state index contributed by atoms with van der Waals surface area (Å²) in [6.07, 6.45) is 3.47. The van der Waals surface area contributed by atoms with Gasteiger partial charge in [0.05, 0.1) is 12.6 Å². The summed E-state index contributed by atoms with van der Waals surface area (Å²) in [6.45, 7) is 0.211. The minimum atomic E-state index is -0.562. The zero-order chi connectivity index (χ0) is 27.1. The number of primary amides is 1. The van der Waals surface area contributed by atoms with E-state index in [4.69, 9.17) is 33.7 Å². The molecule has 5 nitrogen and oxygen atoms in total. The Labute approximate surface area is 234 Å². The molecule has 198 valence electrons. The van der Waals surface area contributed by atoms with Gasteiger partial charge in [0.1, 0.15) is 6.61 Å². The lowest BCUT2D eigenvalue weighted by molar-refractivity contribution is -0.129. The molecule has 0 bridgehead atoms. The first-order valence-electron chi connectivity index (χ1n) is 12.7. The molecule has 38 heavy (non-hydrogen) atoms. The molecular formula is C31H32Cl2N2O3. The Morgan fingerprint density at radius 3 is 2.39 bits per heavy atom. The molecule has 1 aliphatic rings. The maximum absolute atomic E-state index is 12.7. The quantitative estimate of drug-likeness (QED) is 0.282. The maximum Gasteiger partial charge on any atom is 0.221 e. The van der Waals surface area contributed by atoms with Crippen LogP contribution in [0.4, 0.5) is 0 Å². The number of halogens is 2. The molecule has 3 aromatic rings. The van der Waals surface area contributed by atoms with E-state index in [0.29, 0.717) is 23.1 Å². The molecule has 0 saturated heterocycles. The fraction of sp³-hybridized carbons (Fsp3) is 0.290. The maximum atomic E-state index is 12.7. The molecule has 0 saturated carbocycles. The average Bonchev–Trinajstić information content (AvgIpc) is 2.90. The minimum absolute atomic E-state index is 0.0551. The van der Waals surface area contributed by atoms with Gasteiger partial charge in [-0.25, -0.2) is 0 Å². The number of carbonyl (C=O) groups excluding carboxylic acids is 2. The topological polar surface area (TPSA) is 72.6 Å². The summed E-state index contributed by atoms with van der Waals surface area (Å²) in [5.74, 6) is -1.19. The predicted octanol–water partition coefficient (Wildman–Crippen LogP) is 6.36. The smallest absolute Gasteiger partial charge is 0.221 e. The van der Waals surface area contributed by atoms with E-state index < -0.39 is 11.8 Å². The van der Waals surface area contributed by atoms with Crippen LogP contribution in [0.15, 0.2) is 90.5 Å². The summed E-state index contributed by atoms with van der Waals surface area (Å²) < 4.78 is 5.91. The number of ketones is 1. The van der Waals surface area contributed by atoms with Crippen molar-refractivity contribution in [2.45, 2.75) is 31.3 Å². The molecule has 4 rings (SSSR count). The van der Waals surface area contributed by atoms with Crippen LogP contribution in [0.5, 0.6) is 0 Å². The molecule has 3 atom stereocenters. The second-order valence-corrected chi connectivity index (χ2v) is 10.6. The highest BCUT2D eigenvalue weighted by Crippen LogP contribution is 2.41. The number of amides is 1. The molecule has 2 N–H and O–H groups in total. The van der Waals surface area contributed by atoms with E-state index in [9.17, 15) is 9.59 Å². The normalized spacial score (nSPS) is 18.6. The molecule has 1 heterocycles. The van der Waals surface area contributed by atoms with Crippen molar-refractivity contribution < 1.29 is 14.3 Å². The molecule has 2 unspecified atom stereocenters. The SMILES string of the molecule is CN1C(c2ccc(Cl)cc2)CC=C(COCC(=O)C[C@@H](Cc2ccccc2)C(N)=O)C1c1cccc(Cl)c1. The Morgan fingerprint density at radius 2 is 1.71 bits per heavy atom. The van der Waals surface area contributed by atoms with Crippen LogP contribution in [0.3, 0.4) is 0 Å². The zero-order valence-corrected chi connectivity index (χ0v) is 22.9. The molecule has 0 fully saturated rings. The number of benzene rings is 3. The summed E-state index contributed by atoms with van der Waals surface area (Å²) in [5, 5.41) is 1.37. The van der Waals surface area contributed by atoms with Crippen LogP contribution < -0.4 is 5.73 Å². The van der Waals surface area contributed by atoms with Crippen molar-refractivity contribution in [3.05, 3.63) is 117 Å². The highest BCUT2D eigenvalue weighted by molar-refractivity contribution is 6.30. The fourth-order valence-electron chi connectivity index (χ4n) is 5.09. The van der Waals surface area contributed by atoms with Gasteiger partial charge in [0.25, 0.3) is 0 Å². The second-order valence-electron chi connectivity index (χ2n) is 9.73. The van der Waals surface area contributed by atoms with Gasteiger partial charge in [-0.2, -0.15) is 0 Å². The molecule has 3 aromatic carbocycles. The third kappa shape index (κ3) is 7.33. The van der Waals surface area contributed by atoms with Gasteiger partial charge in [-0.3, -0.25) is 14.5 Å². The van der Waals surface area contributed by atoms with Crippen molar-refractivity contribution in [3.8, 4) is 0 Å². The Hall–Kier alpha value is -2.96. The summed E-state index contributed by atoms with van der Waals surface area (Å²) in [5.41, 5.74) is 9.85. The van der Waals surface area contributed by atoms with Crippen LogP contribution in [-0.2, 0) is 20.7 Å². The number of rotatable bonds is 11. The van der Waals surface area contributed by atoms with E-state index in [1.807, 2.05) is 60.7 Å². The number of hydrogen-bond acceptors (Lipinski definition) is 4. The van der Waals surface area contributed by atoms with E-state index in [2.05, 4.69) is 36.2 Å². The fourth-order valence-corrected chi connectivity index (χ4v) is 5.42. The third-order valence-electron chi connectivity index (χ3n) is 7.01. The number of nitrogens with zero attached hydrogens (tertiary/aromatic N) is 1. The largest absolute Gasteiger partial charge is 0.369 e. The Kier molecular flexibility index (Phi) is 9.75.